The zero-order valence-electron chi connectivity index (χ0n) is 10.9. The van der Waals surface area contributed by atoms with Crippen LogP contribution in [0, 0.1) is 0 Å². The normalized spacial score (nSPS) is 10.7. The number of hydrogen-bond acceptors (Lipinski definition) is 5. The van der Waals surface area contributed by atoms with Crippen molar-refractivity contribution < 1.29 is 4.79 Å². The lowest BCUT2D eigenvalue weighted by Crippen LogP contribution is -2.36. The molecule has 0 saturated carbocycles. The molecule has 1 aromatic heterocycles. The highest BCUT2D eigenvalue weighted by Gasteiger charge is 2.21. The van der Waals surface area contributed by atoms with Gasteiger partial charge in [-0.1, -0.05) is 22.7 Å². The van der Waals surface area contributed by atoms with Crippen LogP contribution in [0.4, 0.5) is 5.69 Å². The second kappa shape index (κ2) is 5.79. The fourth-order valence-electron chi connectivity index (χ4n) is 1.76. The van der Waals surface area contributed by atoms with Gasteiger partial charge in [0, 0.05) is 23.7 Å². The first-order chi connectivity index (χ1) is 9.09. The highest BCUT2D eigenvalue weighted by Crippen LogP contribution is 2.17. The zero-order chi connectivity index (χ0) is 13.8. The molecule has 0 spiro atoms. The average molecular weight is 276 g/mol. The number of carbonyl (C=O) groups is 1. The number of benzene rings is 1. The van der Waals surface area contributed by atoms with Crippen LogP contribution in [0.1, 0.15) is 29.9 Å². The van der Waals surface area contributed by atoms with Crippen LogP contribution in [0.15, 0.2) is 29.6 Å². The largest absolute Gasteiger partial charge is 0.398 e. The highest BCUT2D eigenvalue weighted by atomic mass is 32.1. The number of rotatable bonds is 4. The Hall–Kier alpha value is -1.95. The smallest absolute Gasteiger partial charge is 0.275 e. The van der Waals surface area contributed by atoms with Gasteiger partial charge in [0.2, 0.25) is 0 Å². The van der Waals surface area contributed by atoms with Gasteiger partial charge in [-0.25, -0.2) is 0 Å². The first-order valence-electron chi connectivity index (χ1n) is 6.01. The molecule has 0 aliphatic rings. The molecular formula is C13H16N4OS. The molecule has 2 aromatic rings. The van der Waals surface area contributed by atoms with Gasteiger partial charge in [-0.3, -0.25) is 4.79 Å². The first-order valence-corrected chi connectivity index (χ1v) is 6.84. The van der Waals surface area contributed by atoms with Crippen molar-refractivity contribution in [2.24, 2.45) is 0 Å². The minimum Gasteiger partial charge on any atom is -0.398 e. The molecule has 2 N–H and O–H groups in total. The third kappa shape index (κ3) is 3.08. The number of para-hydroxylation sites is 1. The van der Waals surface area contributed by atoms with E-state index in [1.807, 2.05) is 38.1 Å². The van der Waals surface area contributed by atoms with E-state index in [1.165, 1.54) is 11.5 Å². The Morgan fingerprint density at radius 3 is 2.74 bits per heavy atom. The van der Waals surface area contributed by atoms with Crippen molar-refractivity contribution in [1.29, 1.82) is 0 Å². The number of nitrogen functional groups attached to an aromatic ring is 1. The van der Waals surface area contributed by atoms with Gasteiger partial charge in [-0.15, -0.1) is 5.10 Å². The monoisotopic (exact) mass is 276 g/mol. The van der Waals surface area contributed by atoms with Gasteiger partial charge in [0.05, 0.1) is 0 Å². The van der Waals surface area contributed by atoms with Crippen molar-refractivity contribution in [3.8, 4) is 0 Å². The Morgan fingerprint density at radius 1 is 1.42 bits per heavy atom. The van der Waals surface area contributed by atoms with E-state index in [0.717, 1.165) is 5.56 Å². The summed E-state index contributed by atoms with van der Waals surface area (Å²) in [4.78, 5) is 14.1. The van der Waals surface area contributed by atoms with E-state index in [0.29, 0.717) is 17.9 Å². The Bertz CT molecular complexity index is 554. The molecule has 0 atom stereocenters. The summed E-state index contributed by atoms with van der Waals surface area (Å²) >= 11 is 1.17. The lowest BCUT2D eigenvalue weighted by molar-refractivity contribution is 0.0684. The van der Waals surface area contributed by atoms with Gasteiger partial charge < -0.3 is 10.6 Å². The zero-order valence-corrected chi connectivity index (χ0v) is 11.7. The van der Waals surface area contributed by atoms with Gasteiger partial charge in [-0.2, -0.15) is 0 Å². The van der Waals surface area contributed by atoms with E-state index in [1.54, 1.807) is 10.3 Å². The molecule has 0 aliphatic carbocycles. The molecule has 6 heteroatoms. The minimum absolute atomic E-state index is 0.0637. The molecule has 0 radical (unpaired) electrons. The predicted octanol–water partition coefficient (Wildman–Crippen LogP) is 2.17. The van der Waals surface area contributed by atoms with Crippen molar-refractivity contribution in [3.05, 3.63) is 40.9 Å². The number of carbonyl (C=O) groups excluding carboxylic acids is 1. The third-order valence-corrected chi connectivity index (χ3v) is 3.36. The Kier molecular flexibility index (Phi) is 4.11. The van der Waals surface area contributed by atoms with Gasteiger partial charge >= 0.3 is 0 Å². The van der Waals surface area contributed by atoms with Gasteiger partial charge in [0.1, 0.15) is 0 Å². The van der Waals surface area contributed by atoms with Crippen LogP contribution in [0.2, 0.25) is 0 Å². The van der Waals surface area contributed by atoms with Crippen molar-refractivity contribution in [1.82, 2.24) is 14.5 Å². The molecule has 1 amide bonds. The SMILES string of the molecule is CC(C)N(Cc1ccccc1N)C(=O)c1csnn1. The summed E-state index contributed by atoms with van der Waals surface area (Å²) in [6, 6.07) is 7.62. The van der Waals surface area contributed by atoms with E-state index in [9.17, 15) is 4.79 Å². The van der Waals surface area contributed by atoms with E-state index in [2.05, 4.69) is 9.59 Å². The maximum absolute atomic E-state index is 12.4. The second-order valence-corrected chi connectivity index (χ2v) is 5.13. The van der Waals surface area contributed by atoms with Gasteiger partial charge in [0.25, 0.3) is 5.91 Å². The van der Waals surface area contributed by atoms with Crippen LogP contribution in [0.5, 0.6) is 0 Å². The van der Waals surface area contributed by atoms with Gasteiger partial charge in [-0.05, 0) is 37.0 Å². The molecule has 0 aliphatic heterocycles. The molecule has 5 nitrogen and oxygen atoms in total. The van der Waals surface area contributed by atoms with Crippen LogP contribution in [-0.4, -0.2) is 26.4 Å². The predicted molar refractivity (Wildman–Crippen MR) is 75.8 cm³/mol. The molecule has 0 bridgehead atoms. The summed E-state index contributed by atoms with van der Waals surface area (Å²) in [6.07, 6.45) is 0. The first kappa shape index (κ1) is 13.5. The fraction of sp³-hybridized carbons (Fsp3) is 0.308. The molecule has 100 valence electrons. The minimum atomic E-state index is -0.119. The van der Waals surface area contributed by atoms with E-state index in [-0.39, 0.29) is 11.9 Å². The number of hydrogen-bond donors (Lipinski definition) is 1. The van der Waals surface area contributed by atoms with Crippen molar-refractivity contribution in [2.45, 2.75) is 26.4 Å². The Balaban J connectivity index is 2.22. The van der Waals surface area contributed by atoms with Crippen LogP contribution < -0.4 is 5.73 Å². The highest BCUT2D eigenvalue weighted by molar-refractivity contribution is 7.03. The topological polar surface area (TPSA) is 72.1 Å². The summed E-state index contributed by atoms with van der Waals surface area (Å²) in [7, 11) is 0. The molecule has 19 heavy (non-hydrogen) atoms. The lowest BCUT2D eigenvalue weighted by atomic mass is 10.1. The van der Waals surface area contributed by atoms with E-state index in [4.69, 9.17) is 5.73 Å². The van der Waals surface area contributed by atoms with Crippen LogP contribution in [0.3, 0.4) is 0 Å². The standard InChI is InChI=1S/C13H16N4OS/c1-9(2)17(13(18)12-8-19-16-15-12)7-10-5-3-4-6-11(10)14/h3-6,8-9H,7,14H2,1-2H3. The Morgan fingerprint density at radius 2 is 2.16 bits per heavy atom. The maximum atomic E-state index is 12.4. The Labute approximate surface area is 116 Å². The quantitative estimate of drug-likeness (QED) is 0.869. The van der Waals surface area contributed by atoms with Crippen molar-refractivity contribution in [3.63, 3.8) is 0 Å². The summed E-state index contributed by atoms with van der Waals surface area (Å²) in [5.41, 5.74) is 7.94. The summed E-state index contributed by atoms with van der Waals surface area (Å²) in [6.45, 7) is 4.41. The maximum Gasteiger partial charge on any atom is 0.275 e. The van der Waals surface area contributed by atoms with E-state index < -0.39 is 0 Å². The average Bonchev–Trinajstić information content (AvgIpc) is 2.90. The summed E-state index contributed by atoms with van der Waals surface area (Å²) in [5.74, 6) is -0.119. The summed E-state index contributed by atoms with van der Waals surface area (Å²) < 4.78 is 3.73. The lowest BCUT2D eigenvalue weighted by Gasteiger charge is -2.26. The number of nitrogens with two attached hydrogens (primary N) is 1. The molecule has 1 aromatic carbocycles. The molecule has 1 heterocycles. The number of amides is 1. The molecule has 0 unspecified atom stereocenters. The number of anilines is 1. The molecule has 0 fully saturated rings. The van der Waals surface area contributed by atoms with Crippen molar-refractivity contribution in [2.75, 3.05) is 5.73 Å². The molecule has 0 saturated heterocycles. The third-order valence-electron chi connectivity index (χ3n) is 2.86. The summed E-state index contributed by atoms with van der Waals surface area (Å²) in [5, 5.41) is 5.49. The van der Waals surface area contributed by atoms with Crippen LogP contribution in [-0.2, 0) is 6.54 Å². The number of nitrogens with zero attached hydrogens (tertiary/aromatic N) is 3. The molecule has 2 rings (SSSR count). The number of aromatic nitrogens is 2. The molecular weight excluding hydrogens is 260 g/mol. The van der Waals surface area contributed by atoms with E-state index >= 15 is 0 Å². The van der Waals surface area contributed by atoms with Gasteiger partial charge in [0.15, 0.2) is 5.69 Å². The van der Waals surface area contributed by atoms with Crippen molar-refractivity contribution >= 4 is 23.1 Å². The van der Waals surface area contributed by atoms with Crippen LogP contribution >= 0.6 is 11.5 Å². The second-order valence-electron chi connectivity index (χ2n) is 4.52. The van der Waals surface area contributed by atoms with Crippen LogP contribution in [0.25, 0.3) is 0 Å². The fourth-order valence-corrected chi connectivity index (χ4v) is 2.19.